The SMILES string of the molecule is CC(N[C@@H](C)c1ccccc1Cl)c1ccc(Cl)cc1Cl. The Balaban J connectivity index is 2.15. The van der Waals surface area contributed by atoms with Crippen LogP contribution in [0.3, 0.4) is 0 Å². The number of benzene rings is 2. The molecule has 0 saturated heterocycles. The minimum atomic E-state index is 0.103. The van der Waals surface area contributed by atoms with Crippen LogP contribution in [0.25, 0.3) is 0 Å². The van der Waals surface area contributed by atoms with Crippen molar-refractivity contribution in [2.45, 2.75) is 25.9 Å². The molecule has 20 heavy (non-hydrogen) atoms. The summed E-state index contributed by atoms with van der Waals surface area (Å²) in [6.45, 7) is 4.16. The second-order valence-electron chi connectivity index (χ2n) is 4.80. The fraction of sp³-hybridized carbons (Fsp3) is 0.250. The van der Waals surface area contributed by atoms with Crippen molar-refractivity contribution in [1.82, 2.24) is 5.32 Å². The van der Waals surface area contributed by atoms with Gasteiger partial charge < -0.3 is 5.32 Å². The Kier molecular flexibility index (Phi) is 5.34. The maximum Gasteiger partial charge on any atom is 0.0468 e. The number of rotatable bonds is 4. The summed E-state index contributed by atoms with van der Waals surface area (Å²) in [6, 6.07) is 13.6. The minimum Gasteiger partial charge on any atom is -0.304 e. The Bertz CT molecular complexity index is 598. The quantitative estimate of drug-likeness (QED) is 0.719. The van der Waals surface area contributed by atoms with Crippen LogP contribution in [-0.2, 0) is 0 Å². The summed E-state index contributed by atoms with van der Waals surface area (Å²) < 4.78 is 0. The van der Waals surface area contributed by atoms with E-state index in [1.54, 1.807) is 6.07 Å². The summed E-state index contributed by atoms with van der Waals surface area (Å²) in [5.41, 5.74) is 2.10. The lowest BCUT2D eigenvalue weighted by Gasteiger charge is -2.22. The highest BCUT2D eigenvalue weighted by Crippen LogP contribution is 2.29. The van der Waals surface area contributed by atoms with Crippen LogP contribution < -0.4 is 5.32 Å². The van der Waals surface area contributed by atoms with Crippen molar-refractivity contribution in [3.05, 3.63) is 68.7 Å². The summed E-state index contributed by atoms with van der Waals surface area (Å²) in [4.78, 5) is 0. The molecule has 0 bridgehead atoms. The maximum absolute atomic E-state index is 6.23. The normalized spacial score (nSPS) is 14.1. The average Bonchev–Trinajstić information content (AvgIpc) is 2.38. The van der Waals surface area contributed by atoms with Crippen LogP contribution in [-0.4, -0.2) is 0 Å². The molecule has 1 N–H and O–H groups in total. The van der Waals surface area contributed by atoms with Gasteiger partial charge in [0.2, 0.25) is 0 Å². The second-order valence-corrected chi connectivity index (χ2v) is 6.05. The Morgan fingerprint density at radius 3 is 2.00 bits per heavy atom. The molecular weight excluding hydrogens is 313 g/mol. The monoisotopic (exact) mass is 327 g/mol. The van der Waals surface area contributed by atoms with E-state index in [-0.39, 0.29) is 12.1 Å². The molecule has 0 saturated carbocycles. The number of nitrogens with one attached hydrogen (secondary N) is 1. The molecule has 0 aliphatic carbocycles. The van der Waals surface area contributed by atoms with Crippen molar-refractivity contribution in [2.75, 3.05) is 0 Å². The molecule has 2 rings (SSSR count). The molecule has 4 heteroatoms. The first-order valence-electron chi connectivity index (χ1n) is 6.44. The average molecular weight is 329 g/mol. The molecule has 1 nitrogen and oxygen atoms in total. The highest BCUT2D eigenvalue weighted by molar-refractivity contribution is 6.35. The lowest BCUT2D eigenvalue weighted by atomic mass is 10.0. The highest BCUT2D eigenvalue weighted by atomic mass is 35.5. The summed E-state index contributed by atoms with van der Waals surface area (Å²) in [6.07, 6.45) is 0. The molecule has 0 heterocycles. The smallest absolute Gasteiger partial charge is 0.0468 e. The molecule has 0 radical (unpaired) electrons. The molecule has 0 fully saturated rings. The van der Waals surface area contributed by atoms with Gasteiger partial charge in [-0.1, -0.05) is 59.1 Å². The maximum atomic E-state index is 6.23. The van der Waals surface area contributed by atoms with Crippen molar-refractivity contribution < 1.29 is 0 Å². The summed E-state index contributed by atoms with van der Waals surface area (Å²) in [7, 11) is 0. The minimum absolute atomic E-state index is 0.103. The predicted molar refractivity (Wildman–Crippen MR) is 87.9 cm³/mol. The van der Waals surface area contributed by atoms with Crippen LogP contribution >= 0.6 is 34.8 Å². The summed E-state index contributed by atoms with van der Waals surface area (Å²) in [5, 5.41) is 5.58. The first-order chi connectivity index (χ1) is 9.49. The molecule has 0 aliphatic heterocycles. The second kappa shape index (κ2) is 6.82. The van der Waals surface area contributed by atoms with Gasteiger partial charge in [0, 0.05) is 27.2 Å². The number of halogens is 3. The van der Waals surface area contributed by atoms with E-state index < -0.39 is 0 Å². The van der Waals surface area contributed by atoms with E-state index in [1.165, 1.54) is 0 Å². The highest BCUT2D eigenvalue weighted by Gasteiger charge is 2.15. The number of hydrogen-bond acceptors (Lipinski definition) is 1. The lowest BCUT2D eigenvalue weighted by molar-refractivity contribution is 0.495. The molecule has 1 unspecified atom stereocenters. The Morgan fingerprint density at radius 1 is 0.800 bits per heavy atom. The third-order valence-corrected chi connectivity index (χ3v) is 4.21. The molecule has 0 aliphatic rings. The van der Waals surface area contributed by atoms with E-state index in [0.717, 1.165) is 16.1 Å². The van der Waals surface area contributed by atoms with Gasteiger partial charge in [-0.2, -0.15) is 0 Å². The molecule has 2 atom stereocenters. The molecule has 2 aromatic rings. The number of hydrogen-bond donors (Lipinski definition) is 1. The molecule has 0 amide bonds. The first-order valence-corrected chi connectivity index (χ1v) is 7.58. The molecule has 2 aromatic carbocycles. The Hall–Kier alpha value is -0.730. The largest absolute Gasteiger partial charge is 0.304 e. The standard InChI is InChI=1S/C16H16Cl3N/c1-10(13-5-3-4-6-15(13)18)20-11(2)14-8-7-12(17)9-16(14)19/h3-11,20H,1-2H3/t10-,11?/m0/s1. The van der Waals surface area contributed by atoms with Crippen LogP contribution in [0.1, 0.15) is 37.1 Å². The first kappa shape index (κ1) is 15.7. The van der Waals surface area contributed by atoms with Crippen molar-refractivity contribution >= 4 is 34.8 Å². The van der Waals surface area contributed by atoms with Crippen LogP contribution in [0.5, 0.6) is 0 Å². The van der Waals surface area contributed by atoms with E-state index in [2.05, 4.69) is 19.2 Å². The van der Waals surface area contributed by atoms with Crippen molar-refractivity contribution in [2.24, 2.45) is 0 Å². The zero-order valence-corrected chi connectivity index (χ0v) is 13.6. The van der Waals surface area contributed by atoms with Gasteiger partial charge in [0.1, 0.15) is 0 Å². The molecule has 0 aromatic heterocycles. The van der Waals surface area contributed by atoms with E-state index >= 15 is 0 Å². The van der Waals surface area contributed by atoms with E-state index in [9.17, 15) is 0 Å². The van der Waals surface area contributed by atoms with Crippen LogP contribution in [0, 0.1) is 0 Å². The Labute approximate surface area is 134 Å². The van der Waals surface area contributed by atoms with Gasteiger partial charge in [-0.15, -0.1) is 0 Å². The van der Waals surface area contributed by atoms with E-state index in [0.29, 0.717) is 10.0 Å². The third-order valence-electron chi connectivity index (χ3n) is 3.30. The van der Waals surface area contributed by atoms with Gasteiger partial charge in [0.25, 0.3) is 0 Å². The van der Waals surface area contributed by atoms with Crippen molar-refractivity contribution in [3.8, 4) is 0 Å². The van der Waals surface area contributed by atoms with E-state index in [1.807, 2.05) is 36.4 Å². The van der Waals surface area contributed by atoms with Crippen molar-refractivity contribution in [3.63, 3.8) is 0 Å². The summed E-state index contributed by atoms with van der Waals surface area (Å²) >= 11 is 18.4. The molecule has 0 spiro atoms. The van der Waals surface area contributed by atoms with Gasteiger partial charge in [-0.25, -0.2) is 0 Å². The third kappa shape index (κ3) is 3.67. The van der Waals surface area contributed by atoms with Crippen LogP contribution in [0.4, 0.5) is 0 Å². The zero-order valence-electron chi connectivity index (χ0n) is 11.3. The van der Waals surface area contributed by atoms with Crippen LogP contribution in [0.2, 0.25) is 15.1 Å². The van der Waals surface area contributed by atoms with Gasteiger partial charge in [0.15, 0.2) is 0 Å². The Morgan fingerprint density at radius 2 is 1.40 bits per heavy atom. The molecule has 106 valence electrons. The topological polar surface area (TPSA) is 12.0 Å². The van der Waals surface area contributed by atoms with Gasteiger partial charge in [-0.3, -0.25) is 0 Å². The van der Waals surface area contributed by atoms with Gasteiger partial charge in [0.05, 0.1) is 0 Å². The fourth-order valence-electron chi connectivity index (χ4n) is 2.23. The molecular formula is C16H16Cl3N. The lowest BCUT2D eigenvalue weighted by Crippen LogP contribution is -2.23. The fourth-order valence-corrected chi connectivity index (χ4v) is 3.11. The zero-order chi connectivity index (χ0) is 14.7. The van der Waals surface area contributed by atoms with Crippen LogP contribution in [0.15, 0.2) is 42.5 Å². The summed E-state index contributed by atoms with van der Waals surface area (Å²) in [5.74, 6) is 0. The van der Waals surface area contributed by atoms with Gasteiger partial charge in [-0.05, 0) is 43.2 Å². The van der Waals surface area contributed by atoms with Gasteiger partial charge >= 0.3 is 0 Å². The predicted octanol–water partition coefficient (Wildman–Crippen LogP) is 6.06. The van der Waals surface area contributed by atoms with Crippen molar-refractivity contribution in [1.29, 1.82) is 0 Å². The van der Waals surface area contributed by atoms with E-state index in [4.69, 9.17) is 34.8 Å².